The van der Waals surface area contributed by atoms with Crippen molar-refractivity contribution in [1.82, 2.24) is 0 Å². The number of rotatable bonds is 2. The number of carbonyl (C=O) groups excluding carboxylic acids is 1. The van der Waals surface area contributed by atoms with Crippen LogP contribution < -0.4 is 9.47 Å². The minimum atomic E-state index is -0.315. The van der Waals surface area contributed by atoms with Crippen molar-refractivity contribution in [3.05, 3.63) is 57.0 Å². The van der Waals surface area contributed by atoms with Crippen LogP contribution in [0.2, 0.25) is 5.02 Å². The van der Waals surface area contributed by atoms with Crippen molar-refractivity contribution in [2.45, 2.75) is 12.5 Å². The Bertz CT molecular complexity index is 715. The Kier molecular flexibility index (Phi) is 3.91. The Morgan fingerprint density at radius 2 is 2.10 bits per heavy atom. The molecule has 2 aromatic rings. The second-order valence-electron chi connectivity index (χ2n) is 4.76. The molecule has 0 radical (unpaired) electrons. The van der Waals surface area contributed by atoms with Gasteiger partial charge in [0, 0.05) is 15.1 Å². The molecule has 21 heavy (non-hydrogen) atoms. The molecule has 108 valence electrons. The van der Waals surface area contributed by atoms with Crippen LogP contribution in [0.3, 0.4) is 0 Å². The second-order valence-corrected chi connectivity index (χ2v) is 6.05. The third-order valence-electron chi connectivity index (χ3n) is 3.44. The van der Waals surface area contributed by atoms with E-state index >= 15 is 0 Å². The van der Waals surface area contributed by atoms with Gasteiger partial charge in [-0.2, -0.15) is 0 Å². The van der Waals surface area contributed by atoms with E-state index in [9.17, 15) is 4.79 Å². The molecule has 2 aromatic carbocycles. The fourth-order valence-corrected chi connectivity index (χ4v) is 3.30. The smallest absolute Gasteiger partial charge is 0.170 e. The van der Waals surface area contributed by atoms with Crippen LogP contribution in [-0.2, 0) is 0 Å². The summed E-state index contributed by atoms with van der Waals surface area (Å²) < 4.78 is 11.9. The molecular formula is C16H12BrClO3. The molecule has 0 fully saturated rings. The van der Waals surface area contributed by atoms with Crippen LogP contribution >= 0.6 is 27.5 Å². The molecule has 0 spiro atoms. The largest absolute Gasteiger partial charge is 0.497 e. The van der Waals surface area contributed by atoms with Crippen LogP contribution in [0.1, 0.15) is 28.4 Å². The first-order valence-corrected chi connectivity index (χ1v) is 7.58. The zero-order valence-corrected chi connectivity index (χ0v) is 13.6. The van der Waals surface area contributed by atoms with E-state index in [1.54, 1.807) is 37.4 Å². The highest BCUT2D eigenvalue weighted by Gasteiger charge is 2.29. The highest BCUT2D eigenvalue weighted by molar-refractivity contribution is 9.10. The van der Waals surface area contributed by atoms with E-state index in [1.165, 1.54) is 0 Å². The first-order valence-electron chi connectivity index (χ1n) is 6.41. The highest BCUT2D eigenvalue weighted by atomic mass is 79.9. The molecule has 1 unspecified atom stereocenters. The van der Waals surface area contributed by atoms with Crippen LogP contribution in [0.25, 0.3) is 0 Å². The Labute approximate surface area is 136 Å². The Balaban J connectivity index is 1.96. The zero-order valence-electron chi connectivity index (χ0n) is 11.2. The first kappa shape index (κ1) is 14.4. The molecule has 1 aliphatic rings. The van der Waals surface area contributed by atoms with Crippen molar-refractivity contribution in [2.75, 3.05) is 7.11 Å². The molecule has 0 bridgehead atoms. The highest BCUT2D eigenvalue weighted by Crippen LogP contribution is 2.39. The van der Waals surface area contributed by atoms with E-state index < -0.39 is 0 Å². The van der Waals surface area contributed by atoms with Gasteiger partial charge >= 0.3 is 0 Å². The normalized spacial score (nSPS) is 17.1. The van der Waals surface area contributed by atoms with E-state index in [4.69, 9.17) is 21.1 Å². The summed E-state index contributed by atoms with van der Waals surface area (Å²) in [5.74, 6) is 1.28. The molecule has 0 N–H and O–H groups in total. The van der Waals surface area contributed by atoms with Gasteiger partial charge in [0.05, 0.1) is 19.1 Å². The van der Waals surface area contributed by atoms with Gasteiger partial charge in [-0.3, -0.25) is 4.79 Å². The Morgan fingerprint density at radius 3 is 2.81 bits per heavy atom. The number of halogens is 2. The predicted octanol–water partition coefficient (Wildman–Crippen LogP) is 4.82. The number of Topliss-reactive ketones (excluding diaryl/α,β-unsaturated/α-hetero) is 1. The summed E-state index contributed by atoms with van der Waals surface area (Å²) in [6, 6.07) is 10.7. The number of hydrogen-bond donors (Lipinski definition) is 0. The van der Waals surface area contributed by atoms with Crippen molar-refractivity contribution in [1.29, 1.82) is 0 Å². The lowest BCUT2D eigenvalue weighted by Crippen LogP contribution is -2.20. The first-order chi connectivity index (χ1) is 10.1. The molecule has 0 aromatic heterocycles. The average Bonchev–Trinajstić information content (AvgIpc) is 2.47. The lowest BCUT2D eigenvalue weighted by molar-refractivity contribution is 0.0848. The number of methoxy groups -OCH3 is 1. The summed E-state index contributed by atoms with van der Waals surface area (Å²) in [5, 5.41) is 0.637. The molecule has 5 heteroatoms. The van der Waals surface area contributed by atoms with Gasteiger partial charge in [0.1, 0.15) is 17.6 Å². The topological polar surface area (TPSA) is 35.5 Å². The summed E-state index contributed by atoms with van der Waals surface area (Å²) in [6.07, 6.45) is -0.0227. The lowest BCUT2D eigenvalue weighted by atomic mass is 9.96. The monoisotopic (exact) mass is 366 g/mol. The third kappa shape index (κ3) is 2.78. The number of fused-ring (bicyclic) bond motifs is 1. The maximum absolute atomic E-state index is 12.3. The summed E-state index contributed by atoms with van der Waals surface area (Å²) >= 11 is 9.42. The standard InChI is InChI=1S/C16H12BrClO3/c1-20-10-3-5-15-12(7-10)14(19)8-16(21-15)11-4-2-9(18)6-13(11)17/h2-7,16H,8H2,1H3. The van der Waals surface area contributed by atoms with Crippen molar-refractivity contribution in [3.63, 3.8) is 0 Å². The SMILES string of the molecule is COc1ccc2c(c1)C(=O)CC(c1ccc(Cl)cc1Br)O2. The third-order valence-corrected chi connectivity index (χ3v) is 4.36. The van der Waals surface area contributed by atoms with Gasteiger partial charge in [0.25, 0.3) is 0 Å². The van der Waals surface area contributed by atoms with Gasteiger partial charge in [-0.1, -0.05) is 33.6 Å². The molecule has 0 aliphatic carbocycles. The molecule has 1 heterocycles. The minimum Gasteiger partial charge on any atom is -0.497 e. The van der Waals surface area contributed by atoms with Gasteiger partial charge in [-0.05, 0) is 30.3 Å². The minimum absolute atomic E-state index is 0.0435. The van der Waals surface area contributed by atoms with E-state index in [-0.39, 0.29) is 11.9 Å². The maximum Gasteiger partial charge on any atom is 0.170 e. The summed E-state index contributed by atoms with van der Waals surface area (Å²) in [7, 11) is 1.57. The molecule has 0 saturated heterocycles. The number of benzene rings is 2. The van der Waals surface area contributed by atoms with Crippen LogP contribution in [-0.4, -0.2) is 12.9 Å². The van der Waals surface area contributed by atoms with Gasteiger partial charge in [-0.15, -0.1) is 0 Å². The lowest BCUT2D eigenvalue weighted by Gasteiger charge is -2.26. The van der Waals surface area contributed by atoms with Crippen LogP contribution in [0, 0.1) is 0 Å². The summed E-state index contributed by atoms with van der Waals surface area (Å²) in [4.78, 5) is 12.3. The van der Waals surface area contributed by atoms with Crippen LogP contribution in [0.15, 0.2) is 40.9 Å². The van der Waals surface area contributed by atoms with Gasteiger partial charge in [-0.25, -0.2) is 0 Å². The molecule has 1 aliphatic heterocycles. The zero-order chi connectivity index (χ0) is 15.0. The van der Waals surface area contributed by atoms with Gasteiger partial charge < -0.3 is 9.47 Å². The summed E-state index contributed by atoms with van der Waals surface area (Å²) in [5.41, 5.74) is 1.48. The average molecular weight is 368 g/mol. The van der Waals surface area contributed by atoms with E-state index in [2.05, 4.69) is 15.9 Å². The van der Waals surface area contributed by atoms with Crippen molar-refractivity contribution in [2.24, 2.45) is 0 Å². The fraction of sp³-hybridized carbons (Fsp3) is 0.188. The van der Waals surface area contributed by atoms with E-state index in [1.807, 2.05) is 6.07 Å². The van der Waals surface area contributed by atoms with E-state index in [0.717, 1.165) is 10.0 Å². The van der Waals surface area contributed by atoms with Crippen molar-refractivity contribution in [3.8, 4) is 11.5 Å². The van der Waals surface area contributed by atoms with Crippen molar-refractivity contribution < 1.29 is 14.3 Å². The van der Waals surface area contributed by atoms with Crippen LogP contribution in [0.5, 0.6) is 11.5 Å². The Morgan fingerprint density at radius 1 is 1.29 bits per heavy atom. The molecule has 3 rings (SSSR count). The van der Waals surface area contributed by atoms with Gasteiger partial charge in [0.15, 0.2) is 5.78 Å². The second kappa shape index (κ2) is 5.70. The quantitative estimate of drug-likeness (QED) is 0.763. The fourth-order valence-electron chi connectivity index (χ4n) is 2.37. The molecular weight excluding hydrogens is 356 g/mol. The van der Waals surface area contributed by atoms with E-state index in [0.29, 0.717) is 28.5 Å². The molecule has 3 nitrogen and oxygen atoms in total. The maximum atomic E-state index is 12.3. The summed E-state index contributed by atoms with van der Waals surface area (Å²) in [6.45, 7) is 0. The number of ketones is 1. The molecule has 0 saturated carbocycles. The van der Waals surface area contributed by atoms with Gasteiger partial charge in [0.2, 0.25) is 0 Å². The molecule has 1 atom stereocenters. The molecule has 0 amide bonds. The number of hydrogen-bond acceptors (Lipinski definition) is 3. The Hall–Kier alpha value is -1.52. The van der Waals surface area contributed by atoms with Crippen LogP contribution in [0.4, 0.5) is 0 Å². The van der Waals surface area contributed by atoms with Crippen molar-refractivity contribution >= 4 is 33.3 Å². The predicted molar refractivity (Wildman–Crippen MR) is 84.5 cm³/mol. The number of ether oxygens (including phenoxy) is 2. The number of carbonyl (C=O) groups is 1.